The molecule has 0 spiro atoms. The average molecular weight is 1360 g/mol. The number of nitrogens with one attached hydrogen (secondary N) is 1. The van der Waals surface area contributed by atoms with Gasteiger partial charge < -0.3 is 45.1 Å². The predicted molar refractivity (Wildman–Crippen MR) is 407 cm³/mol. The smallest absolute Gasteiger partial charge is 0.305 e. The van der Waals surface area contributed by atoms with Gasteiger partial charge in [-0.1, -0.05) is 364 Å². The molecule has 1 saturated heterocycles. The molecule has 0 aromatic rings. The molecule has 7 atom stereocenters. The summed E-state index contributed by atoms with van der Waals surface area (Å²) in [5.41, 5.74) is 0. The molecule has 0 radical (unpaired) electrons. The van der Waals surface area contributed by atoms with Gasteiger partial charge in [-0.2, -0.15) is 0 Å². The molecule has 0 bridgehead atoms. The van der Waals surface area contributed by atoms with Gasteiger partial charge in [0.25, 0.3) is 0 Å². The number of esters is 1. The topological polar surface area (TPSA) is 175 Å². The van der Waals surface area contributed by atoms with Crippen molar-refractivity contribution in [1.82, 2.24) is 5.32 Å². The Hall–Kier alpha value is -2.38. The van der Waals surface area contributed by atoms with Gasteiger partial charge in [0.15, 0.2) is 6.29 Å². The maximum Gasteiger partial charge on any atom is 0.305 e. The van der Waals surface area contributed by atoms with E-state index in [0.29, 0.717) is 19.4 Å². The molecule has 0 saturated carbocycles. The zero-order valence-electron chi connectivity index (χ0n) is 63.1. The zero-order chi connectivity index (χ0) is 69.4. The van der Waals surface area contributed by atoms with E-state index in [1.807, 2.05) is 6.08 Å². The quantitative estimate of drug-likeness (QED) is 0.0195. The summed E-state index contributed by atoms with van der Waals surface area (Å²) < 4.78 is 16.8. The Labute approximate surface area is 593 Å². The number of hydrogen-bond acceptors (Lipinski definition) is 10. The van der Waals surface area contributed by atoms with E-state index in [4.69, 9.17) is 14.2 Å². The van der Waals surface area contributed by atoms with E-state index in [0.717, 1.165) is 64.2 Å². The first kappa shape index (κ1) is 91.6. The van der Waals surface area contributed by atoms with Crippen LogP contribution in [0.5, 0.6) is 0 Å². The molecule has 11 nitrogen and oxygen atoms in total. The third kappa shape index (κ3) is 61.5. The summed E-state index contributed by atoms with van der Waals surface area (Å²) in [4.78, 5) is 25.2. The van der Waals surface area contributed by atoms with Crippen molar-refractivity contribution in [1.29, 1.82) is 0 Å². The van der Waals surface area contributed by atoms with Gasteiger partial charge in [0.05, 0.1) is 32.0 Å². The number of rotatable bonds is 75. The van der Waals surface area contributed by atoms with Crippen molar-refractivity contribution in [2.45, 2.75) is 461 Å². The fraction of sp³-hybridized carbons (Fsp3) is 0.882. The number of amides is 1. The summed E-state index contributed by atoms with van der Waals surface area (Å²) in [7, 11) is 0. The Kier molecular flexibility index (Phi) is 70.5. The average Bonchev–Trinajstić information content (AvgIpc) is 0.844. The van der Waals surface area contributed by atoms with Gasteiger partial charge in [0.1, 0.15) is 24.4 Å². The van der Waals surface area contributed by atoms with Gasteiger partial charge in [-0.15, -0.1) is 0 Å². The normalized spacial score (nSPS) is 17.5. The van der Waals surface area contributed by atoms with Crippen LogP contribution < -0.4 is 5.32 Å². The second-order valence-electron chi connectivity index (χ2n) is 29.2. The Morgan fingerprint density at radius 1 is 0.385 bits per heavy atom. The largest absolute Gasteiger partial charge is 0.466 e. The SMILES string of the molecule is CCCCCC/C=C\C/C=C\CCCCCCCCCC(=O)OCCCCCCCCCCCCCCCCCCCC/C=C\CCCCCCCCCCCCCCCCCCCC(=O)NC(COC1OC(CO)C(O)C(O)C1O)C(O)/C=C/CCCCCCCCCCC. The van der Waals surface area contributed by atoms with Crippen LogP contribution in [0.15, 0.2) is 48.6 Å². The minimum absolute atomic E-state index is 0.00988. The third-order valence-electron chi connectivity index (χ3n) is 19.9. The molecule has 96 heavy (non-hydrogen) atoms. The van der Waals surface area contributed by atoms with E-state index >= 15 is 0 Å². The van der Waals surface area contributed by atoms with E-state index in [1.54, 1.807) is 6.08 Å². The fourth-order valence-corrected chi connectivity index (χ4v) is 13.3. The van der Waals surface area contributed by atoms with Crippen LogP contribution in [0.25, 0.3) is 0 Å². The minimum Gasteiger partial charge on any atom is -0.466 e. The monoisotopic (exact) mass is 1350 g/mol. The molecule has 7 unspecified atom stereocenters. The van der Waals surface area contributed by atoms with Crippen molar-refractivity contribution >= 4 is 11.9 Å². The molecule has 6 N–H and O–H groups in total. The predicted octanol–water partition coefficient (Wildman–Crippen LogP) is 23.0. The molecule has 1 aliphatic heterocycles. The number of aliphatic hydroxyl groups excluding tert-OH is 5. The third-order valence-corrected chi connectivity index (χ3v) is 19.9. The van der Waals surface area contributed by atoms with Crippen LogP contribution >= 0.6 is 0 Å². The first-order chi connectivity index (χ1) is 47.2. The van der Waals surface area contributed by atoms with Crippen molar-refractivity contribution in [2.75, 3.05) is 19.8 Å². The number of carbonyl (C=O) groups is 2. The zero-order valence-corrected chi connectivity index (χ0v) is 63.1. The van der Waals surface area contributed by atoms with Crippen LogP contribution in [0, 0.1) is 0 Å². The van der Waals surface area contributed by atoms with Crippen molar-refractivity contribution < 1.29 is 49.3 Å². The van der Waals surface area contributed by atoms with E-state index in [9.17, 15) is 35.1 Å². The van der Waals surface area contributed by atoms with Gasteiger partial charge in [0, 0.05) is 12.8 Å². The molecule has 1 amide bonds. The number of unbranched alkanes of at least 4 members (excludes halogenated alkanes) is 55. The summed E-state index contributed by atoms with van der Waals surface area (Å²) in [6.07, 6.45) is 88.8. The minimum atomic E-state index is -1.57. The lowest BCUT2D eigenvalue weighted by atomic mass is 9.99. The van der Waals surface area contributed by atoms with E-state index in [-0.39, 0.29) is 18.5 Å². The Balaban J connectivity index is 1.85. The highest BCUT2D eigenvalue weighted by molar-refractivity contribution is 5.76. The van der Waals surface area contributed by atoms with Crippen LogP contribution in [-0.2, 0) is 23.8 Å². The van der Waals surface area contributed by atoms with Gasteiger partial charge >= 0.3 is 5.97 Å². The molecule has 11 heteroatoms. The Morgan fingerprint density at radius 3 is 1.07 bits per heavy atom. The van der Waals surface area contributed by atoms with Crippen LogP contribution in [0.2, 0.25) is 0 Å². The van der Waals surface area contributed by atoms with Crippen molar-refractivity contribution in [2.24, 2.45) is 0 Å². The molecule has 0 aromatic heterocycles. The van der Waals surface area contributed by atoms with Crippen molar-refractivity contribution in [3.63, 3.8) is 0 Å². The lowest BCUT2D eigenvalue weighted by Crippen LogP contribution is -2.60. The molecule has 1 aliphatic rings. The first-order valence-electron chi connectivity index (χ1n) is 41.9. The number of allylic oxidation sites excluding steroid dienone is 7. The second-order valence-corrected chi connectivity index (χ2v) is 29.2. The summed E-state index contributed by atoms with van der Waals surface area (Å²) >= 11 is 0. The molecule has 0 aliphatic carbocycles. The van der Waals surface area contributed by atoms with Crippen molar-refractivity contribution in [3.8, 4) is 0 Å². The lowest BCUT2D eigenvalue weighted by molar-refractivity contribution is -0.302. The van der Waals surface area contributed by atoms with Gasteiger partial charge in [-0.05, 0) is 89.9 Å². The molecular formula is C85H159NO10. The number of aliphatic hydroxyl groups is 5. The Bertz CT molecular complexity index is 1740. The number of carbonyl (C=O) groups excluding carboxylic acids is 2. The maximum absolute atomic E-state index is 13.1. The molecule has 1 rings (SSSR count). The van der Waals surface area contributed by atoms with Crippen LogP contribution in [0.3, 0.4) is 0 Å². The van der Waals surface area contributed by atoms with Gasteiger partial charge in [-0.25, -0.2) is 0 Å². The molecule has 1 heterocycles. The van der Waals surface area contributed by atoms with Crippen LogP contribution in [0.1, 0.15) is 418 Å². The fourth-order valence-electron chi connectivity index (χ4n) is 13.3. The highest BCUT2D eigenvalue weighted by Crippen LogP contribution is 2.24. The van der Waals surface area contributed by atoms with Gasteiger partial charge in [0.2, 0.25) is 5.91 Å². The highest BCUT2D eigenvalue weighted by Gasteiger charge is 2.44. The molecule has 1 fully saturated rings. The van der Waals surface area contributed by atoms with Crippen LogP contribution in [-0.4, -0.2) is 100 Å². The van der Waals surface area contributed by atoms with E-state index in [1.165, 1.54) is 327 Å². The van der Waals surface area contributed by atoms with E-state index < -0.39 is 49.5 Å². The maximum atomic E-state index is 13.1. The summed E-state index contributed by atoms with van der Waals surface area (Å²) in [6, 6.07) is -0.806. The molecule has 564 valence electrons. The first-order valence-corrected chi connectivity index (χ1v) is 41.9. The number of hydrogen-bond donors (Lipinski definition) is 6. The Morgan fingerprint density at radius 2 is 0.698 bits per heavy atom. The molecular weight excluding hydrogens is 1190 g/mol. The number of ether oxygens (including phenoxy) is 3. The van der Waals surface area contributed by atoms with Crippen molar-refractivity contribution in [3.05, 3.63) is 48.6 Å². The van der Waals surface area contributed by atoms with Gasteiger partial charge in [-0.3, -0.25) is 9.59 Å². The van der Waals surface area contributed by atoms with Crippen LogP contribution in [0.4, 0.5) is 0 Å². The van der Waals surface area contributed by atoms with E-state index in [2.05, 4.69) is 55.6 Å². The second kappa shape index (κ2) is 73.8. The molecule has 0 aromatic carbocycles. The highest BCUT2D eigenvalue weighted by atomic mass is 16.7. The standard InChI is InChI=1S/C85H159NO10/c1-3-5-7-9-11-13-15-16-17-18-43-46-49-53-57-61-65-69-73-81(90)94-74-70-66-62-58-54-50-47-44-41-39-37-35-33-31-29-27-25-23-21-19-20-22-24-26-28-30-32-34-36-38-40-42-45-48-52-56-60-64-68-72-80(89)86-77(76-95-85-84(93)83(92)82(91)79(75-87)96-85)78(88)71-67-63-59-55-51-14-12-10-8-6-4-2/h13,15,17-20,67,71,77-79,82-85,87-88,91-93H,3-12,14,16,21-66,68-70,72-76H2,1-2H3,(H,86,89)/b15-13-,18-17-,20-19-,71-67+. The summed E-state index contributed by atoms with van der Waals surface area (Å²) in [5, 5.41) is 54.5. The summed E-state index contributed by atoms with van der Waals surface area (Å²) in [6.45, 7) is 4.36. The summed E-state index contributed by atoms with van der Waals surface area (Å²) in [5.74, 6) is -0.166. The lowest BCUT2D eigenvalue weighted by Gasteiger charge is -2.40.